The zero-order valence-electron chi connectivity index (χ0n) is 10.3. The summed E-state index contributed by atoms with van der Waals surface area (Å²) in [5.74, 6) is 1.15. The maximum absolute atomic E-state index is 5.38. The fourth-order valence-electron chi connectivity index (χ4n) is 2.21. The van der Waals surface area contributed by atoms with Crippen molar-refractivity contribution >= 4 is 0 Å². The van der Waals surface area contributed by atoms with Crippen LogP contribution in [0, 0.1) is 0 Å². The lowest BCUT2D eigenvalue weighted by molar-refractivity contribution is 0.207. The molecular weight excluding hydrogens is 230 g/mol. The molecule has 3 rings (SSSR count). The van der Waals surface area contributed by atoms with Gasteiger partial charge in [-0.3, -0.25) is 0 Å². The van der Waals surface area contributed by atoms with Crippen LogP contribution in [0.25, 0.3) is 11.5 Å². The zero-order valence-corrected chi connectivity index (χ0v) is 10.3. The second kappa shape index (κ2) is 4.45. The van der Waals surface area contributed by atoms with Crippen LogP contribution in [0.4, 0.5) is 0 Å². The fourth-order valence-corrected chi connectivity index (χ4v) is 2.21. The van der Waals surface area contributed by atoms with Crippen molar-refractivity contribution in [3.05, 3.63) is 24.5 Å². The Morgan fingerprint density at radius 1 is 1.39 bits per heavy atom. The number of hydrogen-bond acceptors (Lipinski definition) is 6. The van der Waals surface area contributed by atoms with Crippen LogP contribution < -0.4 is 5.32 Å². The van der Waals surface area contributed by atoms with E-state index < -0.39 is 0 Å². The quantitative estimate of drug-likeness (QED) is 0.864. The molecule has 0 aromatic carbocycles. The van der Waals surface area contributed by atoms with Gasteiger partial charge in [0.2, 0.25) is 11.7 Å². The number of piperidine rings is 1. The Labute approximate surface area is 105 Å². The van der Waals surface area contributed by atoms with Gasteiger partial charge in [0.25, 0.3) is 0 Å². The molecule has 0 spiro atoms. The molecule has 1 unspecified atom stereocenters. The number of aromatic nitrogens is 4. The molecule has 18 heavy (non-hydrogen) atoms. The second-order valence-corrected chi connectivity index (χ2v) is 4.73. The van der Waals surface area contributed by atoms with Gasteiger partial charge in [0.15, 0.2) is 0 Å². The molecule has 0 amide bonds. The minimum Gasteiger partial charge on any atom is -0.337 e. The molecule has 1 aliphatic heterocycles. The lowest BCUT2D eigenvalue weighted by atomic mass is 9.91. The van der Waals surface area contributed by atoms with Gasteiger partial charge in [-0.2, -0.15) is 4.98 Å². The number of nitrogens with one attached hydrogen (secondary N) is 1. The normalized spacial score (nSPS) is 24.1. The topological polar surface area (TPSA) is 76.7 Å². The Morgan fingerprint density at radius 2 is 2.33 bits per heavy atom. The lowest BCUT2D eigenvalue weighted by Crippen LogP contribution is -2.43. The maximum atomic E-state index is 5.38. The van der Waals surface area contributed by atoms with Gasteiger partial charge >= 0.3 is 0 Å². The molecule has 1 N–H and O–H groups in total. The predicted octanol–water partition coefficient (Wildman–Crippen LogP) is 1.52. The van der Waals surface area contributed by atoms with Crippen molar-refractivity contribution in [3.63, 3.8) is 0 Å². The third-order valence-corrected chi connectivity index (χ3v) is 3.33. The van der Waals surface area contributed by atoms with Crippen LogP contribution in [-0.4, -0.2) is 26.7 Å². The molecule has 0 saturated carbocycles. The summed E-state index contributed by atoms with van der Waals surface area (Å²) < 4.78 is 5.38. The molecule has 6 nitrogen and oxygen atoms in total. The van der Waals surface area contributed by atoms with E-state index in [-0.39, 0.29) is 5.54 Å². The van der Waals surface area contributed by atoms with Crippen LogP contribution in [-0.2, 0) is 5.54 Å². The van der Waals surface area contributed by atoms with Crippen molar-refractivity contribution in [3.8, 4) is 11.5 Å². The first-order chi connectivity index (χ1) is 8.78. The molecule has 3 heterocycles. The lowest BCUT2D eigenvalue weighted by Gasteiger charge is -2.31. The van der Waals surface area contributed by atoms with E-state index in [1.54, 1.807) is 12.3 Å². The molecule has 0 aliphatic carbocycles. The van der Waals surface area contributed by atoms with Crippen molar-refractivity contribution in [1.82, 2.24) is 25.4 Å². The third-order valence-electron chi connectivity index (χ3n) is 3.33. The van der Waals surface area contributed by atoms with Crippen molar-refractivity contribution in [2.45, 2.75) is 31.7 Å². The summed E-state index contributed by atoms with van der Waals surface area (Å²) in [6.07, 6.45) is 6.53. The van der Waals surface area contributed by atoms with E-state index in [2.05, 4.69) is 32.3 Å². The minimum absolute atomic E-state index is 0.212. The Hall–Kier alpha value is -1.82. The SMILES string of the molecule is CC1(c2nc(-c3ccncn3)no2)CCCCN1. The van der Waals surface area contributed by atoms with Gasteiger partial charge < -0.3 is 9.84 Å². The van der Waals surface area contributed by atoms with Crippen molar-refractivity contribution in [2.75, 3.05) is 6.54 Å². The minimum atomic E-state index is -0.212. The van der Waals surface area contributed by atoms with Gasteiger partial charge in [0.1, 0.15) is 12.0 Å². The third kappa shape index (κ3) is 1.99. The van der Waals surface area contributed by atoms with Crippen molar-refractivity contribution in [1.29, 1.82) is 0 Å². The van der Waals surface area contributed by atoms with Gasteiger partial charge in [-0.05, 0) is 38.8 Å². The fraction of sp³-hybridized carbons (Fsp3) is 0.500. The molecule has 1 aliphatic rings. The van der Waals surface area contributed by atoms with Crippen LogP contribution >= 0.6 is 0 Å². The smallest absolute Gasteiger partial charge is 0.247 e. The van der Waals surface area contributed by atoms with Crippen LogP contribution in [0.1, 0.15) is 32.1 Å². The Balaban J connectivity index is 1.89. The number of nitrogens with zero attached hydrogens (tertiary/aromatic N) is 4. The van der Waals surface area contributed by atoms with E-state index in [1.807, 2.05) is 0 Å². The molecule has 2 aromatic rings. The highest BCUT2D eigenvalue weighted by Crippen LogP contribution is 2.29. The van der Waals surface area contributed by atoms with E-state index in [0.717, 1.165) is 13.0 Å². The highest BCUT2D eigenvalue weighted by molar-refractivity contribution is 5.46. The highest BCUT2D eigenvalue weighted by Gasteiger charge is 2.34. The first-order valence-electron chi connectivity index (χ1n) is 6.13. The summed E-state index contributed by atoms with van der Waals surface area (Å²) in [5.41, 5.74) is 0.468. The summed E-state index contributed by atoms with van der Waals surface area (Å²) >= 11 is 0. The summed E-state index contributed by atoms with van der Waals surface area (Å²) in [5, 5.41) is 7.44. The summed E-state index contributed by atoms with van der Waals surface area (Å²) in [6.45, 7) is 3.09. The molecule has 1 saturated heterocycles. The van der Waals surface area contributed by atoms with Gasteiger partial charge in [0.05, 0.1) is 5.54 Å². The van der Waals surface area contributed by atoms with E-state index in [4.69, 9.17) is 4.52 Å². The summed E-state index contributed by atoms with van der Waals surface area (Å²) in [6, 6.07) is 1.77. The summed E-state index contributed by atoms with van der Waals surface area (Å²) in [7, 11) is 0. The monoisotopic (exact) mass is 245 g/mol. The van der Waals surface area contributed by atoms with Crippen LogP contribution in [0.5, 0.6) is 0 Å². The van der Waals surface area contributed by atoms with E-state index in [0.29, 0.717) is 17.4 Å². The molecule has 2 aromatic heterocycles. The number of rotatable bonds is 2. The van der Waals surface area contributed by atoms with E-state index in [1.165, 1.54) is 19.2 Å². The molecular formula is C12H15N5O. The Bertz CT molecular complexity index is 518. The average molecular weight is 245 g/mol. The Kier molecular flexibility index (Phi) is 2.79. The average Bonchev–Trinajstić information content (AvgIpc) is 2.91. The van der Waals surface area contributed by atoms with Crippen molar-refractivity contribution < 1.29 is 4.52 Å². The first-order valence-corrected chi connectivity index (χ1v) is 6.13. The molecule has 1 fully saturated rings. The highest BCUT2D eigenvalue weighted by atomic mass is 16.5. The van der Waals surface area contributed by atoms with Crippen LogP contribution in [0.15, 0.2) is 23.1 Å². The van der Waals surface area contributed by atoms with Gasteiger partial charge in [-0.15, -0.1) is 0 Å². The van der Waals surface area contributed by atoms with E-state index in [9.17, 15) is 0 Å². The summed E-state index contributed by atoms with van der Waals surface area (Å²) in [4.78, 5) is 12.4. The molecule has 6 heteroatoms. The molecule has 0 bridgehead atoms. The van der Waals surface area contributed by atoms with Gasteiger partial charge in [-0.1, -0.05) is 5.16 Å². The predicted molar refractivity (Wildman–Crippen MR) is 64.5 cm³/mol. The zero-order chi connectivity index (χ0) is 12.4. The largest absolute Gasteiger partial charge is 0.337 e. The van der Waals surface area contributed by atoms with Gasteiger partial charge in [-0.25, -0.2) is 9.97 Å². The second-order valence-electron chi connectivity index (χ2n) is 4.73. The molecule has 0 radical (unpaired) electrons. The first kappa shape index (κ1) is 11.3. The van der Waals surface area contributed by atoms with Crippen LogP contribution in [0.2, 0.25) is 0 Å². The Morgan fingerprint density at radius 3 is 3.06 bits per heavy atom. The van der Waals surface area contributed by atoms with Crippen molar-refractivity contribution in [2.24, 2.45) is 0 Å². The molecule has 94 valence electrons. The van der Waals surface area contributed by atoms with Gasteiger partial charge in [0, 0.05) is 6.20 Å². The maximum Gasteiger partial charge on any atom is 0.247 e. The standard InChI is InChI=1S/C12H15N5O/c1-12(5-2-3-6-15-12)11-16-10(17-18-11)9-4-7-13-8-14-9/h4,7-8,15H,2-3,5-6H2,1H3. The molecule has 1 atom stereocenters. The van der Waals surface area contributed by atoms with Crippen LogP contribution in [0.3, 0.4) is 0 Å². The van der Waals surface area contributed by atoms with E-state index >= 15 is 0 Å². The number of hydrogen-bond donors (Lipinski definition) is 1.